The standard InChI is InChI=1S/C25H24N4O4S2/c1-3-33-21-13-15-22(16-14-21)35(31,32)29(20-7-5-4-6-8-20)17-23(30)26-25-28-27-24(34-25)19-11-9-18(2)10-12-19/h4-16H,3,17H2,1-2H3,(H,26,28,30). The first-order valence-corrected chi connectivity index (χ1v) is 13.1. The number of rotatable bonds is 9. The van der Waals surface area contributed by atoms with E-state index in [0.717, 1.165) is 15.4 Å². The van der Waals surface area contributed by atoms with E-state index in [9.17, 15) is 13.2 Å². The third-order valence-electron chi connectivity index (χ3n) is 5.02. The highest BCUT2D eigenvalue weighted by atomic mass is 32.2. The number of aryl methyl sites for hydroxylation is 1. The first-order valence-electron chi connectivity index (χ1n) is 10.9. The fourth-order valence-corrected chi connectivity index (χ4v) is 5.47. The van der Waals surface area contributed by atoms with Crippen molar-refractivity contribution >= 4 is 38.1 Å². The molecule has 0 atom stereocenters. The summed E-state index contributed by atoms with van der Waals surface area (Å²) in [7, 11) is -4.03. The van der Waals surface area contributed by atoms with E-state index in [1.54, 1.807) is 42.5 Å². The van der Waals surface area contributed by atoms with Crippen LogP contribution in [0.3, 0.4) is 0 Å². The highest BCUT2D eigenvalue weighted by Gasteiger charge is 2.27. The zero-order valence-electron chi connectivity index (χ0n) is 19.2. The molecular weight excluding hydrogens is 484 g/mol. The van der Waals surface area contributed by atoms with Crippen LogP contribution in [0.2, 0.25) is 0 Å². The molecule has 0 aliphatic carbocycles. The highest BCUT2D eigenvalue weighted by molar-refractivity contribution is 7.92. The van der Waals surface area contributed by atoms with Crippen molar-refractivity contribution in [2.24, 2.45) is 0 Å². The number of amides is 1. The Bertz CT molecular complexity index is 1390. The van der Waals surface area contributed by atoms with Gasteiger partial charge in [0.25, 0.3) is 10.0 Å². The number of hydrogen-bond donors (Lipinski definition) is 1. The molecule has 0 aliphatic rings. The van der Waals surface area contributed by atoms with Crippen LogP contribution >= 0.6 is 11.3 Å². The Kier molecular flexibility index (Phi) is 7.42. The summed E-state index contributed by atoms with van der Waals surface area (Å²) in [5.74, 6) is 0.0334. The van der Waals surface area contributed by atoms with Crippen molar-refractivity contribution < 1.29 is 17.9 Å². The van der Waals surface area contributed by atoms with E-state index in [0.29, 0.717) is 23.1 Å². The smallest absolute Gasteiger partial charge is 0.264 e. The monoisotopic (exact) mass is 508 g/mol. The van der Waals surface area contributed by atoms with Crippen LogP contribution in [0.15, 0.2) is 83.8 Å². The normalized spacial score (nSPS) is 11.1. The van der Waals surface area contributed by atoms with Crippen LogP contribution in [0.5, 0.6) is 5.75 Å². The molecule has 1 amide bonds. The minimum atomic E-state index is -4.03. The number of ether oxygens (including phenoxy) is 1. The van der Waals surface area contributed by atoms with Crippen LogP contribution in [0.4, 0.5) is 10.8 Å². The third-order valence-corrected chi connectivity index (χ3v) is 7.70. The predicted octanol–water partition coefficient (Wildman–Crippen LogP) is 4.75. The zero-order chi connectivity index (χ0) is 24.8. The minimum absolute atomic E-state index is 0.0511. The van der Waals surface area contributed by atoms with Crippen LogP contribution < -0.4 is 14.4 Å². The summed E-state index contributed by atoms with van der Waals surface area (Å²) < 4.78 is 33.4. The number of carbonyl (C=O) groups is 1. The number of hydrogen-bond acceptors (Lipinski definition) is 7. The topological polar surface area (TPSA) is 101 Å². The van der Waals surface area contributed by atoms with Gasteiger partial charge in [0, 0.05) is 5.56 Å². The fourth-order valence-electron chi connectivity index (χ4n) is 3.29. The summed E-state index contributed by atoms with van der Waals surface area (Å²) in [5.41, 5.74) is 2.38. The molecule has 10 heteroatoms. The summed E-state index contributed by atoms with van der Waals surface area (Å²) in [6.45, 7) is 3.89. The maximum Gasteiger partial charge on any atom is 0.264 e. The molecule has 0 saturated carbocycles. The van der Waals surface area contributed by atoms with Crippen molar-refractivity contribution in [1.82, 2.24) is 10.2 Å². The number of aromatic nitrogens is 2. The first kappa shape index (κ1) is 24.4. The molecule has 0 aliphatic heterocycles. The fraction of sp³-hybridized carbons (Fsp3) is 0.160. The maximum absolute atomic E-state index is 13.5. The van der Waals surface area contributed by atoms with E-state index in [1.165, 1.54) is 23.5 Å². The molecule has 8 nitrogen and oxygen atoms in total. The second-order valence-electron chi connectivity index (χ2n) is 7.58. The van der Waals surface area contributed by atoms with E-state index < -0.39 is 22.5 Å². The molecule has 1 N–H and O–H groups in total. The first-order chi connectivity index (χ1) is 16.9. The zero-order valence-corrected chi connectivity index (χ0v) is 20.8. The minimum Gasteiger partial charge on any atom is -0.494 e. The average molecular weight is 509 g/mol. The average Bonchev–Trinajstić information content (AvgIpc) is 3.32. The number of sulfonamides is 1. The van der Waals surface area contributed by atoms with Gasteiger partial charge < -0.3 is 4.74 Å². The molecule has 0 radical (unpaired) electrons. The predicted molar refractivity (Wildman–Crippen MR) is 137 cm³/mol. The molecule has 1 heterocycles. The Morgan fingerprint density at radius 1 is 0.971 bits per heavy atom. The quantitative estimate of drug-likeness (QED) is 0.350. The van der Waals surface area contributed by atoms with E-state index >= 15 is 0 Å². The summed E-state index contributed by atoms with van der Waals surface area (Å²) in [6.07, 6.45) is 0. The van der Waals surface area contributed by atoms with Gasteiger partial charge in [0.1, 0.15) is 17.3 Å². The number of anilines is 2. The Hall–Kier alpha value is -3.76. The lowest BCUT2D eigenvalue weighted by atomic mass is 10.2. The summed E-state index contributed by atoms with van der Waals surface area (Å²) in [6, 6.07) is 22.4. The van der Waals surface area contributed by atoms with Crippen molar-refractivity contribution in [3.63, 3.8) is 0 Å². The number of para-hydroxylation sites is 1. The second kappa shape index (κ2) is 10.7. The molecular formula is C25H24N4O4S2. The van der Waals surface area contributed by atoms with E-state index in [-0.39, 0.29) is 10.0 Å². The van der Waals surface area contributed by atoms with E-state index in [1.807, 2.05) is 38.1 Å². The van der Waals surface area contributed by atoms with Crippen molar-refractivity contribution in [1.29, 1.82) is 0 Å². The SMILES string of the molecule is CCOc1ccc(S(=O)(=O)N(CC(=O)Nc2nnc(-c3ccc(C)cc3)s2)c2ccccc2)cc1. The van der Waals surface area contributed by atoms with Crippen molar-refractivity contribution in [2.75, 3.05) is 22.8 Å². The molecule has 0 spiro atoms. The Balaban J connectivity index is 1.55. The molecule has 1 aromatic heterocycles. The molecule has 0 saturated heterocycles. The number of carbonyl (C=O) groups excluding carboxylic acids is 1. The van der Waals surface area contributed by atoms with Crippen LogP contribution in [0, 0.1) is 6.92 Å². The van der Waals surface area contributed by atoms with Crippen molar-refractivity contribution in [3.8, 4) is 16.3 Å². The van der Waals surface area contributed by atoms with Gasteiger partial charge in [0.2, 0.25) is 11.0 Å². The van der Waals surface area contributed by atoms with Crippen molar-refractivity contribution in [2.45, 2.75) is 18.7 Å². The van der Waals surface area contributed by atoms with Crippen LogP contribution in [-0.2, 0) is 14.8 Å². The van der Waals surface area contributed by atoms with Gasteiger partial charge in [0.15, 0.2) is 0 Å². The van der Waals surface area contributed by atoms with Gasteiger partial charge in [-0.3, -0.25) is 14.4 Å². The number of benzene rings is 3. The van der Waals surface area contributed by atoms with Crippen molar-refractivity contribution in [3.05, 3.63) is 84.4 Å². The Morgan fingerprint density at radius 3 is 2.31 bits per heavy atom. The molecule has 35 heavy (non-hydrogen) atoms. The lowest BCUT2D eigenvalue weighted by molar-refractivity contribution is -0.114. The lowest BCUT2D eigenvalue weighted by Gasteiger charge is -2.24. The van der Waals surface area contributed by atoms with E-state index in [4.69, 9.17) is 4.74 Å². The number of nitrogens with one attached hydrogen (secondary N) is 1. The summed E-state index contributed by atoms with van der Waals surface area (Å²) in [5, 5.41) is 11.8. The number of nitrogens with zero attached hydrogens (tertiary/aromatic N) is 3. The second-order valence-corrected chi connectivity index (χ2v) is 10.4. The van der Waals surface area contributed by atoms with Gasteiger partial charge in [-0.1, -0.05) is 59.4 Å². The van der Waals surface area contributed by atoms with Gasteiger partial charge in [0.05, 0.1) is 17.2 Å². The maximum atomic E-state index is 13.5. The summed E-state index contributed by atoms with van der Waals surface area (Å²) >= 11 is 1.22. The largest absolute Gasteiger partial charge is 0.494 e. The van der Waals surface area contributed by atoms with Crippen LogP contribution in [0.1, 0.15) is 12.5 Å². The highest BCUT2D eigenvalue weighted by Crippen LogP contribution is 2.28. The van der Waals surface area contributed by atoms with Gasteiger partial charge in [-0.2, -0.15) is 0 Å². The molecule has 4 aromatic rings. The lowest BCUT2D eigenvalue weighted by Crippen LogP contribution is -2.38. The molecule has 0 bridgehead atoms. The van der Waals surface area contributed by atoms with E-state index in [2.05, 4.69) is 15.5 Å². The van der Waals surface area contributed by atoms with Gasteiger partial charge in [-0.25, -0.2) is 8.42 Å². The molecule has 4 rings (SSSR count). The van der Waals surface area contributed by atoms with Gasteiger partial charge in [-0.15, -0.1) is 10.2 Å². The Labute approximate surface area is 208 Å². The van der Waals surface area contributed by atoms with Gasteiger partial charge in [-0.05, 0) is 50.2 Å². The van der Waals surface area contributed by atoms with Crippen LogP contribution in [-0.4, -0.2) is 37.7 Å². The third kappa shape index (κ3) is 5.84. The van der Waals surface area contributed by atoms with Gasteiger partial charge >= 0.3 is 0 Å². The summed E-state index contributed by atoms with van der Waals surface area (Å²) in [4.78, 5) is 13.0. The molecule has 180 valence electrons. The molecule has 3 aromatic carbocycles. The molecule has 0 unspecified atom stereocenters. The van der Waals surface area contributed by atoms with Crippen LogP contribution in [0.25, 0.3) is 10.6 Å². The molecule has 0 fully saturated rings. The Morgan fingerprint density at radius 2 is 1.66 bits per heavy atom.